The number of amides is 1. The largest absolute Gasteiger partial charge is 0.494 e. The Balaban J connectivity index is 1.97. The molecule has 0 aliphatic carbocycles. The van der Waals surface area contributed by atoms with Gasteiger partial charge in [0.05, 0.1) is 12.6 Å². The highest BCUT2D eigenvalue weighted by Gasteiger charge is 2.13. The predicted octanol–water partition coefficient (Wildman–Crippen LogP) is 1.58. The molecule has 2 rings (SSSR count). The second-order valence-electron chi connectivity index (χ2n) is 5.81. The second-order valence-corrected chi connectivity index (χ2v) is 5.81. The average molecular weight is 345 g/mol. The van der Waals surface area contributed by atoms with Gasteiger partial charge in [0.15, 0.2) is 0 Å². The second kappa shape index (κ2) is 8.32. The van der Waals surface area contributed by atoms with Gasteiger partial charge in [0, 0.05) is 17.7 Å². The van der Waals surface area contributed by atoms with E-state index in [1.165, 1.54) is 0 Å². The normalized spacial score (nSPS) is 11.8. The number of aromatic nitrogens is 2. The maximum Gasteiger partial charge on any atom is 0.325 e. The first-order valence-electron chi connectivity index (χ1n) is 8.25. The Labute approximate surface area is 145 Å². The zero-order chi connectivity index (χ0) is 18.4. The smallest absolute Gasteiger partial charge is 0.325 e. The summed E-state index contributed by atoms with van der Waals surface area (Å²) in [5, 5.41) is 2.91. The number of hydrogen-bond acceptors (Lipinski definition) is 4. The number of carbonyl (C=O) groups is 1. The molecule has 0 aliphatic heterocycles. The third kappa shape index (κ3) is 5.07. The van der Waals surface area contributed by atoms with Crippen molar-refractivity contribution in [1.29, 1.82) is 0 Å². The van der Waals surface area contributed by atoms with Crippen LogP contribution in [0.3, 0.4) is 0 Å². The van der Waals surface area contributed by atoms with Gasteiger partial charge >= 0.3 is 5.69 Å². The summed E-state index contributed by atoms with van der Waals surface area (Å²) in [6, 6.07) is 7.39. The van der Waals surface area contributed by atoms with Crippen molar-refractivity contribution in [1.82, 2.24) is 15.3 Å². The summed E-state index contributed by atoms with van der Waals surface area (Å²) in [7, 11) is 0. The summed E-state index contributed by atoms with van der Waals surface area (Å²) in [6.45, 7) is 6.03. The number of nitrogens with one attached hydrogen (secondary N) is 3. The number of carbonyl (C=O) groups excluding carboxylic acids is 1. The molecule has 0 saturated heterocycles. The van der Waals surface area contributed by atoms with E-state index in [1.54, 1.807) is 6.92 Å². The Morgan fingerprint density at radius 3 is 2.72 bits per heavy atom. The maximum atomic E-state index is 12.2. The van der Waals surface area contributed by atoms with E-state index in [1.807, 2.05) is 38.1 Å². The molecule has 1 amide bonds. The maximum absolute atomic E-state index is 12.2. The highest BCUT2D eigenvalue weighted by molar-refractivity contribution is 5.76. The molecule has 7 nitrogen and oxygen atoms in total. The van der Waals surface area contributed by atoms with Crippen LogP contribution in [0, 0.1) is 6.92 Å². The molecule has 1 atom stereocenters. The third-order valence-corrected chi connectivity index (χ3v) is 3.90. The Morgan fingerprint density at radius 2 is 2.04 bits per heavy atom. The van der Waals surface area contributed by atoms with Crippen LogP contribution in [-0.4, -0.2) is 22.5 Å². The molecule has 3 N–H and O–H groups in total. The quantitative estimate of drug-likeness (QED) is 0.708. The number of ether oxygens (including phenoxy) is 1. The third-order valence-electron chi connectivity index (χ3n) is 3.90. The van der Waals surface area contributed by atoms with Crippen LogP contribution < -0.4 is 21.3 Å². The molecule has 0 unspecified atom stereocenters. The minimum atomic E-state index is -0.543. The van der Waals surface area contributed by atoms with Crippen molar-refractivity contribution in [3.63, 3.8) is 0 Å². The first kappa shape index (κ1) is 18.5. The van der Waals surface area contributed by atoms with E-state index in [0.717, 1.165) is 11.3 Å². The van der Waals surface area contributed by atoms with Gasteiger partial charge in [-0.2, -0.15) is 0 Å². The van der Waals surface area contributed by atoms with Crippen molar-refractivity contribution < 1.29 is 9.53 Å². The van der Waals surface area contributed by atoms with Crippen molar-refractivity contribution in [3.05, 3.63) is 61.9 Å². The number of hydrogen-bond donors (Lipinski definition) is 3. The lowest BCUT2D eigenvalue weighted by molar-refractivity contribution is -0.121. The van der Waals surface area contributed by atoms with Crippen molar-refractivity contribution in [2.24, 2.45) is 0 Å². The molecule has 1 heterocycles. The van der Waals surface area contributed by atoms with Gasteiger partial charge in [0.2, 0.25) is 5.91 Å². The van der Waals surface area contributed by atoms with E-state index in [9.17, 15) is 14.4 Å². The van der Waals surface area contributed by atoms with Gasteiger partial charge in [-0.25, -0.2) is 4.79 Å². The minimum Gasteiger partial charge on any atom is -0.494 e. The van der Waals surface area contributed by atoms with Gasteiger partial charge in [0.1, 0.15) is 5.75 Å². The van der Waals surface area contributed by atoms with Crippen LogP contribution in [0.25, 0.3) is 0 Å². The summed E-state index contributed by atoms with van der Waals surface area (Å²) in [5.41, 5.74) is 0.849. The van der Waals surface area contributed by atoms with Crippen LogP contribution in [0.5, 0.6) is 5.75 Å². The molecular formula is C18H23N3O4. The fourth-order valence-electron chi connectivity index (χ4n) is 2.60. The Kier molecular flexibility index (Phi) is 6.16. The SMILES string of the molecule is CCOc1cccc([C@@H](C)NC(=O)CCc2c(C)[nH]c(=O)[nH]c2=O)c1. The molecule has 1 aromatic heterocycles. The predicted molar refractivity (Wildman–Crippen MR) is 94.9 cm³/mol. The highest BCUT2D eigenvalue weighted by atomic mass is 16.5. The topological polar surface area (TPSA) is 104 Å². The van der Waals surface area contributed by atoms with Crippen LogP contribution in [0.1, 0.15) is 43.1 Å². The van der Waals surface area contributed by atoms with E-state index < -0.39 is 11.2 Å². The Hall–Kier alpha value is -2.83. The highest BCUT2D eigenvalue weighted by Crippen LogP contribution is 2.19. The summed E-state index contributed by atoms with van der Waals surface area (Å²) in [6.07, 6.45) is 0.418. The molecular weight excluding hydrogens is 322 g/mol. The van der Waals surface area contributed by atoms with Crippen molar-refractivity contribution in [3.8, 4) is 5.75 Å². The molecule has 0 radical (unpaired) electrons. The van der Waals surface area contributed by atoms with Gasteiger partial charge in [-0.1, -0.05) is 12.1 Å². The summed E-state index contributed by atoms with van der Waals surface area (Å²) >= 11 is 0. The molecule has 134 valence electrons. The molecule has 0 saturated carbocycles. The van der Waals surface area contributed by atoms with Crippen LogP contribution in [0.2, 0.25) is 0 Å². The van der Waals surface area contributed by atoms with E-state index in [0.29, 0.717) is 17.9 Å². The van der Waals surface area contributed by atoms with Crippen LogP contribution in [0.15, 0.2) is 33.9 Å². The van der Waals surface area contributed by atoms with Gasteiger partial charge in [-0.15, -0.1) is 0 Å². The molecule has 0 fully saturated rings. The van der Waals surface area contributed by atoms with E-state index in [4.69, 9.17) is 4.74 Å². The number of rotatable bonds is 7. The lowest BCUT2D eigenvalue weighted by atomic mass is 10.1. The standard InChI is InChI=1S/C18H23N3O4/c1-4-25-14-7-5-6-13(10-14)11(2)19-16(22)9-8-15-12(3)20-18(24)21-17(15)23/h5-7,10-11H,4,8-9H2,1-3H3,(H,19,22)(H2,20,21,23,24)/t11-/m1/s1. The Morgan fingerprint density at radius 1 is 1.28 bits per heavy atom. The van der Waals surface area contributed by atoms with Crippen molar-refractivity contribution >= 4 is 5.91 Å². The molecule has 25 heavy (non-hydrogen) atoms. The number of benzene rings is 1. The zero-order valence-electron chi connectivity index (χ0n) is 14.6. The summed E-state index contributed by atoms with van der Waals surface area (Å²) in [4.78, 5) is 39.9. The average Bonchev–Trinajstić information content (AvgIpc) is 2.54. The van der Waals surface area contributed by atoms with Gasteiger partial charge < -0.3 is 15.0 Å². The number of aromatic amines is 2. The van der Waals surface area contributed by atoms with Crippen LogP contribution >= 0.6 is 0 Å². The number of H-pyrrole nitrogens is 2. The zero-order valence-corrected chi connectivity index (χ0v) is 14.6. The van der Waals surface area contributed by atoms with E-state index >= 15 is 0 Å². The lowest BCUT2D eigenvalue weighted by Crippen LogP contribution is -2.30. The molecule has 0 bridgehead atoms. The summed E-state index contributed by atoms with van der Waals surface area (Å²) in [5.74, 6) is 0.593. The first-order chi connectivity index (χ1) is 11.9. The van der Waals surface area contributed by atoms with Gasteiger partial charge in [-0.05, 0) is 44.9 Å². The molecule has 2 aromatic rings. The Bertz CT molecular complexity index is 854. The van der Waals surface area contributed by atoms with Gasteiger partial charge in [-0.3, -0.25) is 14.6 Å². The van der Waals surface area contributed by atoms with Crippen molar-refractivity contribution in [2.75, 3.05) is 6.61 Å². The first-order valence-corrected chi connectivity index (χ1v) is 8.25. The molecule has 0 aliphatic rings. The lowest BCUT2D eigenvalue weighted by Gasteiger charge is -2.15. The van der Waals surface area contributed by atoms with Crippen LogP contribution in [0.4, 0.5) is 0 Å². The van der Waals surface area contributed by atoms with Crippen molar-refractivity contribution in [2.45, 2.75) is 39.7 Å². The summed E-state index contributed by atoms with van der Waals surface area (Å²) < 4.78 is 5.46. The molecule has 0 spiro atoms. The monoisotopic (exact) mass is 345 g/mol. The van der Waals surface area contributed by atoms with Gasteiger partial charge in [0.25, 0.3) is 5.56 Å². The fraction of sp³-hybridized carbons (Fsp3) is 0.389. The minimum absolute atomic E-state index is 0.158. The van der Waals surface area contributed by atoms with Crippen LogP contribution in [-0.2, 0) is 11.2 Å². The molecule has 7 heteroatoms. The van der Waals surface area contributed by atoms with E-state index in [-0.39, 0.29) is 24.8 Å². The fourth-order valence-corrected chi connectivity index (χ4v) is 2.60. The molecule has 1 aromatic carbocycles. The van der Waals surface area contributed by atoms with E-state index in [2.05, 4.69) is 15.3 Å². The number of aryl methyl sites for hydroxylation is 1.